The van der Waals surface area contributed by atoms with Crippen molar-refractivity contribution < 1.29 is 4.79 Å². The zero-order valence-corrected chi connectivity index (χ0v) is 9.78. The average molecular weight is 234 g/mol. The molecule has 0 radical (unpaired) electrons. The summed E-state index contributed by atoms with van der Waals surface area (Å²) in [5.74, 6) is -0.457. The third kappa shape index (κ3) is 2.88. The molecule has 1 fully saturated rings. The molecule has 1 heterocycles. The van der Waals surface area contributed by atoms with Crippen molar-refractivity contribution in [2.45, 2.75) is 19.3 Å². The average Bonchev–Trinajstić information content (AvgIpc) is 2.33. The van der Waals surface area contributed by atoms with E-state index >= 15 is 0 Å². The minimum Gasteiger partial charge on any atom is -0.397 e. The zero-order valence-electron chi connectivity index (χ0n) is 9.78. The lowest BCUT2D eigenvalue weighted by molar-refractivity contribution is 0.100. The van der Waals surface area contributed by atoms with Gasteiger partial charge in [-0.1, -0.05) is 6.42 Å². The van der Waals surface area contributed by atoms with E-state index in [9.17, 15) is 4.79 Å². The Hall–Kier alpha value is -1.75. The van der Waals surface area contributed by atoms with Gasteiger partial charge in [-0.3, -0.25) is 4.79 Å². The normalized spacial score (nSPS) is 16.7. The minimum absolute atomic E-state index is 0.437. The minimum atomic E-state index is -0.457. The Morgan fingerprint density at radius 2 is 1.94 bits per heavy atom. The molecule has 0 spiro atoms. The van der Waals surface area contributed by atoms with Gasteiger partial charge in [-0.25, -0.2) is 5.01 Å². The maximum absolute atomic E-state index is 11.0. The molecule has 0 bridgehead atoms. The van der Waals surface area contributed by atoms with Crippen molar-refractivity contribution in [1.29, 1.82) is 0 Å². The molecule has 0 aliphatic carbocycles. The van der Waals surface area contributed by atoms with Gasteiger partial charge in [0.2, 0.25) is 5.91 Å². The Bertz CT molecular complexity index is 413. The van der Waals surface area contributed by atoms with E-state index in [0.29, 0.717) is 11.3 Å². The monoisotopic (exact) mass is 234 g/mol. The van der Waals surface area contributed by atoms with E-state index in [1.54, 1.807) is 18.2 Å². The van der Waals surface area contributed by atoms with Gasteiger partial charge in [0.15, 0.2) is 0 Å². The number of hydrogen-bond donors (Lipinski definition) is 3. The van der Waals surface area contributed by atoms with E-state index in [0.717, 1.165) is 18.8 Å². The second-order valence-corrected chi connectivity index (χ2v) is 4.33. The van der Waals surface area contributed by atoms with Crippen LogP contribution in [0.25, 0.3) is 0 Å². The first-order valence-corrected chi connectivity index (χ1v) is 5.88. The van der Waals surface area contributed by atoms with Crippen LogP contribution in [0.3, 0.4) is 0 Å². The number of amides is 1. The predicted octanol–water partition coefficient (Wildman–Crippen LogP) is 1.18. The lowest BCUT2D eigenvalue weighted by Crippen LogP contribution is -2.35. The molecule has 0 saturated carbocycles. The number of anilines is 2. The molecule has 2 rings (SSSR count). The summed E-state index contributed by atoms with van der Waals surface area (Å²) in [4.78, 5) is 11.0. The van der Waals surface area contributed by atoms with Gasteiger partial charge in [0.1, 0.15) is 0 Å². The Morgan fingerprint density at radius 1 is 1.24 bits per heavy atom. The number of primary amides is 1. The quantitative estimate of drug-likeness (QED) is 0.686. The fourth-order valence-corrected chi connectivity index (χ4v) is 1.99. The molecular weight excluding hydrogens is 216 g/mol. The summed E-state index contributed by atoms with van der Waals surface area (Å²) in [6.07, 6.45) is 3.69. The summed E-state index contributed by atoms with van der Waals surface area (Å²) in [5.41, 5.74) is 16.2. The number of carbonyl (C=O) groups is 1. The Balaban J connectivity index is 2.08. The number of piperidine rings is 1. The van der Waals surface area contributed by atoms with Crippen LogP contribution in [0, 0.1) is 0 Å². The second-order valence-electron chi connectivity index (χ2n) is 4.33. The second kappa shape index (κ2) is 5.05. The molecule has 5 nitrogen and oxygen atoms in total. The molecule has 0 aromatic heterocycles. The van der Waals surface area contributed by atoms with E-state index in [-0.39, 0.29) is 0 Å². The van der Waals surface area contributed by atoms with E-state index < -0.39 is 5.91 Å². The summed E-state index contributed by atoms with van der Waals surface area (Å²) in [6, 6.07) is 5.09. The summed E-state index contributed by atoms with van der Waals surface area (Å²) >= 11 is 0. The third-order valence-corrected chi connectivity index (χ3v) is 2.97. The molecule has 0 unspecified atom stereocenters. The highest BCUT2D eigenvalue weighted by atomic mass is 16.1. The van der Waals surface area contributed by atoms with Gasteiger partial charge in [0.05, 0.1) is 11.4 Å². The smallest absolute Gasteiger partial charge is 0.248 e. The molecule has 1 saturated heterocycles. The summed E-state index contributed by atoms with van der Waals surface area (Å²) < 4.78 is 0. The number of nitrogens with zero attached hydrogens (tertiary/aromatic N) is 1. The van der Waals surface area contributed by atoms with E-state index in [2.05, 4.69) is 10.4 Å². The first-order chi connectivity index (χ1) is 8.16. The maximum atomic E-state index is 11.0. The van der Waals surface area contributed by atoms with Crippen molar-refractivity contribution in [1.82, 2.24) is 5.01 Å². The van der Waals surface area contributed by atoms with Crippen LogP contribution in [0.4, 0.5) is 11.4 Å². The van der Waals surface area contributed by atoms with Gasteiger partial charge in [-0.2, -0.15) is 0 Å². The van der Waals surface area contributed by atoms with Gasteiger partial charge in [0.25, 0.3) is 0 Å². The lowest BCUT2D eigenvalue weighted by Gasteiger charge is -2.28. The van der Waals surface area contributed by atoms with Crippen molar-refractivity contribution >= 4 is 17.3 Å². The molecule has 1 aromatic carbocycles. The SMILES string of the molecule is NC(=O)c1ccc(NN2CCCCC2)c(N)c1. The van der Waals surface area contributed by atoms with E-state index in [1.807, 2.05) is 0 Å². The highest BCUT2D eigenvalue weighted by Crippen LogP contribution is 2.21. The summed E-state index contributed by atoms with van der Waals surface area (Å²) in [6.45, 7) is 2.05. The molecule has 92 valence electrons. The Labute approximate surface area is 101 Å². The van der Waals surface area contributed by atoms with Crippen LogP contribution in [0.2, 0.25) is 0 Å². The highest BCUT2D eigenvalue weighted by molar-refractivity contribution is 5.94. The molecule has 17 heavy (non-hydrogen) atoms. The summed E-state index contributed by atoms with van der Waals surface area (Å²) in [7, 11) is 0. The first kappa shape index (κ1) is 11.7. The number of nitrogens with two attached hydrogens (primary N) is 2. The Morgan fingerprint density at radius 3 is 2.53 bits per heavy atom. The molecule has 1 amide bonds. The fraction of sp³-hybridized carbons (Fsp3) is 0.417. The van der Waals surface area contributed by atoms with Gasteiger partial charge >= 0.3 is 0 Å². The van der Waals surface area contributed by atoms with E-state index in [1.165, 1.54) is 19.3 Å². The van der Waals surface area contributed by atoms with Crippen molar-refractivity contribution in [3.63, 3.8) is 0 Å². The van der Waals surface area contributed by atoms with Crippen molar-refractivity contribution in [2.24, 2.45) is 5.73 Å². The van der Waals surface area contributed by atoms with Crippen LogP contribution >= 0.6 is 0 Å². The number of nitrogens with one attached hydrogen (secondary N) is 1. The van der Waals surface area contributed by atoms with Crippen LogP contribution < -0.4 is 16.9 Å². The van der Waals surface area contributed by atoms with Crippen LogP contribution in [0.5, 0.6) is 0 Å². The topological polar surface area (TPSA) is 84.4 Å². The largest absolute Gasteiger partial charge is 0.397 e. The number of hydrazine groups is 1. The predicted molar refractivity (Wildman–Crippen MR) is 68.4 cm³/mol. The molecule has 0 atom stereocenters. The molecular formula is C12H18N4O. The maximum Gasteiger partial charge on any atom is 0.248 e. The van der Waals surface area contributed by atoms with Gasteiger partial charge in [0, 0.05) is 18.7 Å². The van der Waals surface area contributed by atoms with Crippen LogP contribution in [-0.4, -0.2) is 24.0 Å². The number of hydrogen-bond acceptors (Lipinski definition) is 4. The molecule has 1 aliphatic rings. The zero-order chi connectivity index (χ0) is 12.3. The fourth-order valence-electron chi connectivity index (χ4n) is 1.99. The van der Waals surface area contributed by atoms with Crippen LogP contribution in [-0.2, 0) is 0 Å². The van der Waals surface area contributed by atoms with Crippen molar-refractivity contribution in [3.05, 3.63) is 23.8 Å². The standard InChI is InChI=1S/C12H18N4O/c13-10-8-9(12(14)17)4-5-11(10)15-16-6-2-1-3-7-16/h4-5,8,15H,1-3,6-7,13H2,(H2,14,17). The van der Waals surface area contributed by atoms with Crippen LogP contribution in [0.15, 0.2) is 18.2 Å². The van der Waals surface area contributed by atoms with Crippen molar-refractivity contribution in [3.8, 4) is 0 Å². The third-order valence-electron chi connectivity index (χ3n) is 2.97. The molecule has 5 N–H and O–H groups in total. The number of carbonyl (C=O) groups excluding carboxylic acids is 1. The van der Waals surface area contributed by atoms with E-state index in [4.69, 9.17) is 11.5 Å². The van der Waals surface area contributed by atoms with Gasteiger partial charge in [-0.05, 0) is 31.0 Å². The van der Waals surface area contributed by atoms with Crippen molar-refractivity contribution in [2.75, 3.05) is 24.2 Å². The highest BCUT2D eigenvalue weighted by Gasteiger charge is 2.11. The Kier molecular flexibility index (Phi) is 3.49. The lowest BCUT2D eigenvalue weighted by atomic mass is 10.1. The number of nitrogen functional groups attached to an aromatic ring is 1. The molecule has 5 heteroatoms. The molecule has 1 aliphatic heterocycles. The van der Waals surface area contributed by atoms with Gasteiger partial charge in [-0.15, -0.1) is 0 Å². The molecule has 1 aromatic rings. The van der Waals surface area contributed by atoms with Crippen LogP contribution in [0.1, 0.15) is 29.6 Å². The summed E-state index contributed by atoms with van der Waals surface area (Å²) in [5, 5.41) is 2.15. The number of rotatable bonds is 3. The van der Waals surface area contributed by atoms with Gasteiger partial charge < -0.3 is 16.9 Å². The number of benzene rings is 1. The first-order valence-electron chi connectivity index (χ1n) is 5.88.